The first kappa shape index (κ1) is 27.9. The molecule has 0 spiro atoms. The molecule has 1 unspecified atom stereocenters. The largest absolute Gasteiger partial charge is 0.357 e. The van der Waals surface area contributed by atoms with E-state index in [0.29, 0.717) is 6.54 Å². The average Bonchev–Trinajstić information content (AvgIpc) is 3.14. The van der Waals surface area contributed by atoms with Crippen LogP contribution in [0.15, 0.2) is 29.3 Å². The quantitative estimate of drug-likeness (QED) is 0.300. The molecule has 0 aromatic heterocycles. The van der Waals surface area contributed by atoms with Gasteiger partial charge in [-0.3, -0.25) is 9.69 Å². The Morgan fingerprint density at radius 3 is 2.52 bits per heavy atom. The lowest BCUT2D eigenvalue weighted by Gasteiger charge is -2.20. The van der Waals surface area contributed by atoms with E-state index in [2.05, 4.69) is 58.7 Å². The molecule has 1 aromatic carbocycles. The van der Waals surface area contributed by atoms with E-state index in [1.54, 1.807) is 0 Å². The van der Waals surface area contributed by atoms with Crippen LogP contribution in [-0.4, -0.2) is 85.5 Å². The number of halogens is 1. The van der Waals surface area contributed by atoms with Crippen LogP contribution in [-0.2, 0) is 17.9 Å². The summed E-state index contributed by atoms with van der Waals surface area (Å²) in [4.78, 5) is 24.0. The maximum atomic E-state index is 12.2. The molecule has 1 aromatic rings. The number of rotatable bonds is 7. The second kappa shape index (κ2) is 14.1. The van der Waals surface area contributed by atoms with Gasteiger partial charge < -0.3 is 20.4 Å². The number of carbonyl (C=O) groups is 1. The van der Waals surface area contributed by atoms with Gasteiger partial charge in [-0.05, 0) is 51.0 Å². The SMILES string of the molecule is CCNC(=NCc1ccc(CN2CCCN(C)CC2)cc1)NC1CCN(C(=O)C(C)C)C1.I. The smallest absolute Gasteiger partial charge is 0.225 e. The van der Waals surface area contributed by atoms with Gasteiger partial charge in [0.25, 0.3) is 0 Å². The number of hydrogen-bond acceptors (Lipinski definition) is 4. The zero-order valence-electron chi connectivity index (χ0n) is 20.8. The van der Waals surface area contributed by atoms with Crippen molar-refractivity contribution in [2.45, 2.75) is 52.7 Å². The maximum Gasteiger partial charge on any atom is 0.225 e. The summed E-state index contributed by atoms with van der Waals surface area (Å²) in [5, 5.41) is 6.87. The Balaban J connectivity index is 0.00000385. The predicted molar refractivity (Wildman–Crippen MR) is 147 cm³/mol. The molecule has 0 aliphatic carbocycles. The number of nitrogens with zero attached hydrogens (tertiary/aromatic N) is 4. The number of amides is 1. The standard InChI is InChI=1S/C25H42N6O.HI/c1-5-26-25(28-23-11-14-31(19-23)24(32)20(2)3)27-17-21-7-9-22(10-8-21)18-30-13-6-12-29(4)15-16-30;/h7-10,20,23H,5-6,11-19H2,1-4H3,(H2,26,27,28);1H. The highest BCUT2D eigenvalue weighted by Crippen LogP contribution is 2.13. The van der Waals surface area contributed by atoms with Crippen LogP contribution in [0.3, 0.4) is 0 Å². The summed E-state index contributed by atoms with van der Waals surface area (Å²) in [6.07, 6.45) is 2.21. The van der Waals surface area contributed by atoms with Gasteiger partial charge in [-0.1, -0.05) is 38.1 Å². The molecule has 186 valence electrons. The van der Waals surface area contributed by atoms with E-state index in [9.17, 15) is 4.79 Å². The molecule has 2 fully saturated rings. The van der Waals surface area contributed by atoms with Crippen LogP contribution >= 0.6 is 24.0 Å². The van der Waals surface area contributed by atoms with E-state index >= 15 is 0 Å². The lowest BCUT2D eigenvalue weighted by atomic mass is 10.1. The Morgan fingerprint density at radius 1 is 1.09 bits per heavy atom. The minimum Gasteiger partial charge on any atom is -0.357 e. The summed E-state index contributed by atoms with van der Waals surface area (Å²) in [5.74, 6) is 1.12. The van der Waals surface area contributed by atoms with Crippen LogP contribution in [0.4, 0.5) is 0 Å². The summed E-state index contributed by atoms with van der Waals surface area (Å²) in [6, 6.07) is 9.14. The van der Waals surface area contributed by atoms with Crippen molar-refractivity contribution >= 4 is 35.8 Å². The van der Waals surface area contributed by atoms with Gasteiger partial charge in [0.15, 0.2) is 5.96 Å². The van der Waals surface area contributed by atoms with Crippen LogP contribution in [0.1, 0.15) is 44.7 Å². The third-order valence-corrected chi connectivity index (χ3v) is 6.34. The summed E-state index contributed by atoms with van der Waals surface area (Å²) in [7, 11) is 2.21. The Labute approximate surface area is 217 Å². The number of hydrogen-bond donors (Lipinski definition) is 2. The van der Waals surface area contributed by atoms with Crippen molar-refractivity contribution < 1.29 is 4.79 Å². The predicted octanol–water partition coefficient (Wildman–Crippen LogP) is 2.75. The fraction of sp³-hybridized carbons (Fsp3) is 0.680. The highest BCUT2D eigenvalue weighted by molar-refractivity contribution is 14.0. The number of likely N-dealkylation sites (N-methyl/N-ethyl adjacent to an activating group) is 1. The van der Waals surface area contributed by atoms with Crippen LogP contribution in [0.5, 0.6) is 0 Å². The lowest BCUT2D eigenvalue weighted by molar-refractivity contribution is -0.133. The minimum atomic E-state index is 0. The molecule has 8 heteroatoms. The van der Waals surface area contributed by atoms with Crippen LogP contribution in [0, 0.1) is 5.92 Å². The minimum absolute atomic E-state index is 0. The zero-order chi connectivity index (χ0) is 22.9. The van der Waals surface area contributed by atoms with Gasteiger partial charge in [-0.15, -0.1) is 24.0 Å². The van der Waals surface area contributed by atoms with Gasteiger partial charge >= 0.3 is 0 Å². The van der Waals surface area contributed by atoms with E-state index < -0.39 is 0 Å². The fourth-order valence-corrected chi connectivity index (χ4v) is 4.39. The third-order valence-electron chi connectivity index (χ3n) is 6.34. The molecular weight excluding hydrogens is 527 g/mol. The topological polar surface area (TPSA) is 63.2 Å². The number of carbonyl (C=O) groups excluding carboxylic acids is 1. The van der Waals surface area contributed by atoms with Gasteiger partial charge in [0.1, 0.15) is 0 Å². The number of aliphatic imine (C=N–C) groups is 1. The third kappa shape index (κ3) is 9.05. The van der Waals surface area contributed by atoms with E-state index in [1.807, 2.05) is 18.7 Å². The van der Waals surface area contributed by atoms with Crippen molar-refractivity contribution in [1.29, 1.82) is 0 Å². The molecule has 2 aliphatic rings. The van der Waals surface area contributed by atoms with Crippen molar-refractivity contribution in [3.05, 3.63) is 35.4 Å². The molecule has 2 saturated heterocycles. The molecule has 3 rings (SSSR count). The van der Waals surface area contributed by atoms with Crippen molar-refractivity contribution in [3.63, 3.8) is 0 Å². The van der Waals surface area contributed by atoms with Crippen molar-refractivity contribution in [1.82, 2.24) is 25.3 Å². The molecular formula is C25H43IN6O. The fourth-order valence-electron chi connectivity index (χ4n) is 4.39. The van der Waals surface area contributed by atoms with Gasteiger partial charge in [0.05, 0.1) is 6.54 Å². The Bertz CT molecular complexity index is 754. The zero-order valence-corrected chi connectivity index (χ0v) is 23.2. The summed E-state index contributed by atoms with van der Waals surface area (Å²) < 4.78 is 0. The number of likely N-dealkylation sites (tertiary alicyclic amines) is 1. The van der Waals surface area contributed by atoms with E-state index in [0.717, 1.165) is 51.6 Å². The Hall–Kier alpha value is -1.39. The number of benzene rings is 1. The van der Waals surface area contributed by atoms with Gasteiger partial charge in [0, 0.05) is 51.2 Å². The molecule has 0 radical (unpaired) electrons. The number of guanidine groups is 1. The van der Waals surface area contributed by atoms with E-state index in [-0.39, 0.29) is 41.8 Å². The molecule has 2 aliphatic heterocycles. The van der Waals surface area contributed by atoms with Crippen molar-refractivity contribution in [2.24, 2.45) is 10.9 Å². The first-order chi connectivity index (χ1) is 15.4. The summed E-state index contributed by atoms with van der Waals surface area (Å²) >= 11 is 0. The highest BCUT2D eigenvalue weighted by Gasteiger charge is 2.27. The molecule has 2 heterocycles. The molecule has 0 saturated carbocycles. The summed E-state index contributed by atoms with van der Waals surface area (Å²) in [5.41, 5.74) is 2.58. The molecule has 1 atom stereocenters. The second-order valence-electron chi connectivity index (χ2n) is 9.51. The van der Waals surface area contributed by atoms with E-state index in [1.165, 1.54) is 30.6 Å². The maximum absolute atomic E-state index is 12.2. The molecule has 0 bridgehead atoms. The van der Waals surface area contributed by atoms with Gasteiger partial charge in [-0.25, -0.2) is 4.99 Å². The summed E-state index contributed by atoms with van der Waals surface area (Å²) in [6.45, 7) is 14.7. The monoisotopic (exact) mass is 570 g/mol. The Morgan fingerprint density at radius 2 is 1.82 bits per heavy atom. The lowest BCUT2D eigenvalue weighted by Crippen LogP contribution is -2.45. The highest BCUT2D eigenvalue weighted by atomic mass is 127. The first-order valence-corrected chi connectivity index (χ1v) is 12.3. The van der Waals surface area contributed by atoms with Gasteiger partial charge in [0.2, 0.25) is 5.91 Å². The first-order valence-electron chi connectivity index (χ1n) is 12.3. The van der Waals surface area contributed by atoms with Gasteiger partial charge in [-0.2, -0.15) is 0 Å². The van der Waals surface area contributed by atoms with Crippen LogP contribution in [0.2, 0.25) is 0 Å². The second-order valence-corrected chi connectivity index (χ2v) is 9.51. The van der Waals surface area contributed by atoms with Crippen molar-refractivity contribution in [3.8, 4) is 0 Å². The number of nitrogens with one attached hydrogen (secondary N) is 2. The molecule has 7 nitrogen and oxygen atoms in total. The molecule has 33 heavy (non-hydrogen) atoms. The average molecular weight is 571 g/mol. The molecule has 1 amide bonds. The normalized spacial score (nSPS) is 20.5. The van der Waals surface area contributed by atoms with Crippen molar-refractivity contribution in [2.75, 3.05) is 52.9 Å². The molecule has 2 N–H and O–H groups in total. The van der Waals surface area contributed by atoms with Crippen LogP contribution < -0.4 is 10.6 Å². The van der Waals surface area contributed by atoms with Crippen LogP contribution in [0.25, 0.3) is 0 Å². The Kier molecular flexibility index (Phi) is 11.9. The van der Waals surface area contributed by atoms with E-state index in [4.69, 9.17) is 4.99 Å².